The Morgan fingerprint density at radius 3 is 2.72 bits per heavy atom. The molecular weight excluding hydrogens is 388 g/mol. The maximum Gasteiger partial charge on any atom is 0.387 e. The lowest BCUT2D eigenvalue weighted by Gasteiger charge is -2.35. The van der Waals surface area contributed by atoms with E-state index in [-0.39, 0.29) is 36.5 Å². The molecule has 2 unspecified atom stereocenters. The van der Waals surface area contributed by atoms with Gasteiger partial charge in [-0.2, -0.15) is 14.0 Å². The average molecular weight is 409 g/mol. The van der Waals surface area contributed by atoms with E-state index in [1.165, 1.54) is 18.2 Å². The van der Waals surface area contributed by atoms with Crippen molar-refractivity contribution >= 4 is 11.8 Å². The molecule has 2 aliphatic carbocycles. The fraction of sp³-hybridized carbons (Fsp3) is 0.550. The zero-order valence-electron chi connectivity index (χ0n) is 15.6. The Kier molecular flexibility index (Phi) is 6.33. The number of carboxylic acid groups (broad SMARTS) is 1. The number of benzene rings is 1. The molecular formula is C20H21F2NO6. The normalized spacial score (nSPS) is 24.2. The number of ketones is 1. The second-order valence-electron chi connectivity index (χ2n) is 7.35. The summed E-state index contributed by atoms with van der Waals surface area (Å²) in [7, 11) is 0. The van der Waals surface area contributed by atoms with Gasteiger partial charge in [0.1, 0.15) is 12.7 Å². The van der Waals surface area contributed by atoms with Crippen LogP contribution in [0.3, 0.4) is 0 Å². The highest BCUT2D eigenvalue weighted by atomic mass is 19.3. The summed E-state index contributed by atoms with van der Waals surface area (Å²) in [5.41, 5.74) is -0.637. The third-order valence-corrected chi connectivity index (χ3v) is 5.20. The Balaban J connectivity index is 1.86. The first-order chi connectivity index (χ1) is 13.8. The second-order valence-corrected chi connectivity index (χ2v) is 7.35. The Hall–Kier alpha value is -2.73. The van der Waals surface area contributed by atoms with Gasteiger partial charge in [0.2, 0.25) is 0 Å². The van der Waals surface area contributed by atoms with Crippen LogP contribution in [-0.4, -0.2) is 42.8 Å². The quantitative estimate of drug-likeness (QED) is 0.668. The number of rotatable bonds is 9. The van der Waals surface area contributed by atoms with Gasteiger partial charge >= 0.3 is 12.6 Å². The van der Waals surface area contributed by atoms with E-state index in [4.69, 9.17) is 14.6 Å². The molecule has 2 aliphatic rings. The number of carbonyl (C=O) groups excluding carboxylic acids is 1. The van der Waals surface area contributed by atoms with Crippen molar-refractivity contribution in [1.82, 2.24) is 0 Å². The number of carboxylic acids is 1. The SMILES string of the molecule is N#CC1(c2ccc(OC(F)F)c(OCC3CC3)c2)CCC(=O)C(OCC(=O)O)C1. The minimum absolute atomic E-state index is 0.0211. The van der Waals surface area contributed by atoms with E-state index in [1.54, 1.807) is 0 Å². The number of hydrogen-bond donors (Lipinski definition) is 1. The minimum atomic E-state index is -3.02. The molecule has 29 heavy (non-hydrogen) atoms. The van der Waals surface area contributed by atoms with Crippen LogP contribution in [0.5, 0.6) is 11.5 Å². The molecule has 0 aromatic heterocycles. The number of nitrogens with zero attached hydrogens (tertiary/aromatic N) is 1. The first-order valence-corrected chi connectivity index (χ1v) is 9.32. The molecule has 7 nitrogen and oxygen atoms in total. The van der Waals surface area contributed by atoms with Gasteiger partial charge in [-0.15, -0.1) is 0 Å². The highest BCUT2D eigenvalue weighted by Crippen LogP contribution is 2.43. The molecule has 1 aromatic rings. The molecule has 0 bridgehead atoms. The molecule has 1 aromatic carbocycles. The third kappa shape index (κ3) is 5.21. The summed E-state index contributed by atoms with van der Waals surface area (Å²) >= 11 is 0. The van der Waals surface area contributed by atoms with E-state index in [9.17, 15) is 23.6 Å². The highest BCUT2D eigenvalue weighted by Gasteiger charge is 2.43. The Morgan fingerprint density at radius 2 is 2.10 bits per heavy atom. The van der Waals surface area contributed by atoms with Crippen molar-refractivity contribution in [2.45, 2.75) is 50.2 Å². The van der Waals surface area contributed by atoms with E-state index in [0.717, 1.165) is 12.8 Å². The van der Waals surface area contributed by atoms with E-state index in [2.05, 4.69) is 10.8 Å². The van der Waals surface area contributed by atoms with E-state index in [1.807, 2.05) is 0 Å². The lowest BCUT2D eigenvalue weighted by molar-refractivity contribution is -0.149. The van der Waals surface area contributed by atoms with Crippen LogP contribution >= 0.6 is 0 Å². The van der Waals surface area contributed by atoms with E-state index < -0.39 is 30.7 Å². The van der Waals surface area contributed by atoms with Crippen LogP contribution in [0.25, 0.3) is 0 Å². The van der Waals surface area contributed by atoms with Gasteiger partial charge in [0, 0.05) is 12.8 Å². The summed E-state index contributed by atoms with van der Waals surface area (Å²) in [4.78, 5) is 22.9. The number of Topliss-reactive ketones (excluding diaryl/α,β-unsaturated/α-hetero) is 1. The molecule has 0 radical (unpaired) electrons. The highest BCUT2D eigenvalue weighted by molar-refractivity contribution is 5.85. The van der Waals surface area contributed by atoms with Gasteiger partial charge in [0.15, 0.2) is 17.3 Å². The van der Waals surface area contributed by atoms with Crippen molar-refractivity contribution < 1.29 is 37.7 Å². The fourth-order valence-electron chi connectivity index (χ4n) is 3.39. The van der Waals surface area contributed by atoms with Crippen LogP contribution in [-0.2, 0) is 19.7 Å². The number of ether oxygens (including phenoxy) is 3. The Labute approximate surface area is 166 Å². The van der Waals surface area contributed by atoms with E-state index >= 15 is 0 Å². The van der Waals surface area contributed by atoms with Gasteiger partial charge < -0.3 is 19.3 Å². The van der Waals surface area contributed by atoms with Crippen LogP contribution in [0, 0.1) is 17.2 Å². The van der Waals surface area contributed by atoms with Gasteiger partial charge in [0.05, 0.1) is 18.1 Å². The van der Waals surface area contributed by atoms with Crippen molar-refractivity contribution in [2.75, 3.05) is 13.2 Å². The van der Waals surface area contributed by atoms with Gasteiger partial charge in [0.25, 0.3) is 0 Å². The largest absolute Gasteiger partial charge is 0.489 e. The second kappa shape index (κ2) is 8.74. The molecule has 0 heterocycles. The molecule has 9 heteroatoms. The van der Waals surface area contributed by atoms with Crippen LogP contribution in [0.4, 0.5) is 8.78 Å². The lowest BCUT2D eigenvalue weighted by atomic mass is 9.69. The van der Waals surface area contributed by atoms with Gasteiger partial charge in [-0.3, -0.25) is 4.79 Å². The molecule has 2 atom stereocenters. The van der Waals surface area contributed by atoms with Crippen LogP contribution in [0.15, 0.2) is 18.2 Å². The average Bonchev–Trinajstić information content (AvgIpc) is 3.51. The zero-order valence-corrected chi connectivity index (χ0v) is 15.6. The minimum Gasteiger partial charge on any atom is -0.489 e. The molecule has 0 aliphatic heterocycles. The molecule has 0 amide bonds. The van der Waals surface area contributed by atoms with Crippen molar-refractivity contribution in [3.05, 3.63) is 23.8 Å². The Bertz CT molecular complexity index is 820. The lowest BCUT2D eigenvalue weighted by Crippen LogP contribution is -2.41. The summed E-state index contributed by atoms with van der Waals surface area (Å²) in [5.74, 6) is -1.11. The maximum absolute atomic E-state index is 12.7. The number of hydrogen-bond acceptors (Lipinski definition) is 6. The summed E-state index contributed by atoms with van der Waals surface area (Å²) in [6.45, 7) is -3.30. The molecule has 156 valence electrons. The van der Waals surface area contributed by atoms with Gasteiger partial charge in [-0.25, -0.2) is 4.79 Å². The number of aliphatic carboxylic acids is 1. The van der Waals surface area contributed by atoms with Crippen molar-refractivity contribution in [2.24, 2.45) is 5.92 Å². The predicted molar refractivity (Wildman–Crippen MR) is 94.8 cm³/mol. The molecule has 0 spiro atoms. The first-order valence-electron chi connectivity index (χ1n) is 9.32. The summed E-state index contributed by atoms with van der Waals surface area (Å²) in [6.07, 6.45) is 1.24. The zero-order chi connectivity index (χ0) is 21.0. The predicted octanol–water partition coefficient (Wildman–Crippen LogP) is 3.06. The summed E-state index contributed by atoms with van der Waals surface area (Å²) in [6, 6.07) is 6.53. The summed E-state index contributed by atoms with van der Waals surface area (Å²) in [5, 5.41) is 18.7. The van der Waals surface area contributed by atoms with Crippen molar-refractivity contribution in [1.29, 1.82) is 5.26 Å². The first kappa shape index (κ1) is 21.0. The summed E-state index contributed by atoms with van der Waals surface area (Å²) < 4.78 is 40.8. The standard InChI is InChI=1S/C20H21F2NO6/c21-19(22)29-15-4-3-13(7-16(15)27-9-12-1-2-12)20(11-23)6-5-14(24)17(8-20)28-10-18(25)26/h3-4,7,12,17,19H,1-2,5-6,8-10H2,(H,25,26). The molecule has 2 saturated carbocycles. The van der Waals surface area contributed by atoms with Crippen molar-refractivity contribution in [3.63, 3.8) is 0 Å². The van der Waals surface area contributed by atoms with Crippen LogP contribution in [0.1, 0.15) is 37.7 Å². The number of nitriles is 1. The molecule has 1 N–H and O–H groups in total. The van der Waals surface area contributed by atoms with E-state index in [0.29, 0.717) is 18.1 Å². The smallest absolute Gasteiger partial charge is 0.387 e. The maximum atomic E-state index is 12.7. The number of halogens is 2. The molecule has 3 rings (SSSR count). The van der Waals surface area contributed by atoms with Crippen LogP contribution < -0.4 is 9.47 Å². The molecule has 0 saturated heterocycles. The topological polar surface area (TPSA) is 106 Å². The Morgan fingerprint density at radius 1 is 1.34 bits per heavy atom. The number of alkyl halides is 2. The number of carbonyl (C=O) groups is 2. The van der Waals surface area contributed by atoms with Crippen molar-refractivity contribution in [3.8, 4) is 17.6 Å². The van der Waals surface area contributed by atoms with Crippen LogP contribution in [0.2, 0.25) is 0 Å². The monoisotopic (exact) mass is 409 g/mol. The fourth-order valence-corrected chi connectivity index (χ4v) is 3.39. The van der Waals surface area contributed by atoms with Gasteiger partial charge in [-0.05, 0) is 42.9 Å². The molecule has 2 fully saturated rings. The van der Waals surface area contributed by atoms with Gasteiger partial charge in [-0.1, -0.05) is 6.07 Å². The third-order valence-electron chi connectivity index (χ3n) is 5.20.